The molecule has 0 atom stereocenters. The summed E-state index contributed by atoms with van der Waals surface area (Å²) >= 11 is 3.31. The molecule has 2 saturated carbocycles. The van der Waals surface area contributed by atoms with Crippen molar-refractivity contribution in [3.05, 3.63) is 76.8 Å². The van der Waals surface area contributed by atoms with Gasteiger partial charge in [0.15, 0.2) is 4.34 Å². The fraction of sp³-hybridized carbons (Fsp3) is 0.320. The van der Waals surface area contributed by atoms with Crippen LogP contribution in [0.3, 0.4) is 0 Å². The number of fused-ring (bicyclic) bond motifs is 1. The van der Waals surface area contributed by atoms with Gasteiger partial charge in [-0.1, -0.05) is 42.1 Å². The van der Waals surface area contributed by atoms with Gasteiger partial charge in [0.2, 0.25) is 0 Å². The molecule has 30 heavy (non-hydrogen) atoms. The third kappa shape index (κ3) is 3.29. The summed E-state index contributed by atoms with van der Waals surface area (Å²) in [4.78, 5) is 6.81. The van der Waals surface area contributed by atoms with Crippen molar-refractivity contribution in [2.75, 3.05) is 6.61 Å². The van der Waals surface area contributed by atoms with Gasteiger partial charge in [-0.3, -0.25) is 0 Å². The van der Waals surface area contributed by atoms with E-state index < -0.39 is 5.60 Å². The van der Waals surface area contributed by atoms with Gasteiger partial charge in [-0.25, -0.2) is 4.98 Å². The van der Waals surface area contributed by atoms with E-state index in [0.717, 1.165) is 51.1 Å². The Balaban J connectivity index is 1.25. The van der Waals surface area contributed by atoms with E-state index in [-0.39, 0.29) is 0 Å². The SMILES string of the molecule is OC(c1cnc(Sc2ccc3c(c2)OCC=C3c2ccccc2)s1)(C1CC1)C1CC1. The maximum Gasteiger partial charge on any atom is 0.154 e. The number of aromatic nitrogens is 1. The van der Waals surface area contributed by atoms with Gasteiger partial charge < -0.3 is 9.84 Å². The molecule has 2 aliphatic carbocycles. The highest BCUT2D eigenvalue weighted by Crippen LogP contribution is 2.58. The summed E-state index contributed by atoms with van der Waals surface area (Å²) in [5.74, 6) is 1.79. The lowest BCUT2D eigenvalue weighted by Crippen LogP contribution is -2.29. The molecule has 5 heteroatoms. The second-order valence-electron chi connectivity index (χ2n) is 8.42. The minimum atomic E-state index is -0.634. The Kier molecular flexibility index (Phi) is 4.52. The number of benzene rings is 2. The monoisotopic (exact) mass is 433 g/mol. The van der Waals surface area contributed by atoms with Crippen LogP contribution in [0.1, 0.15) is 41.7 Å². The number of aliphatic hydroxyl groups is 1. The average Bonchev–Trinajstić information content (AvgIpc) is 3.71. The second kappa shape index (κ2) is 7.26. The van der Waals surface area contributed by atoms with Crippen molar-refractivity contribution in [3.8, 4) is 5.75 Å². The maximum atomic E-state index is 11.4. The summed E-state index contributed by atoms with van der Waals surface area (Å²) in [6, 6.07) is 16.9. The highest BCUT2D eigenvalue weighted by molar-refractivity contribution is 8.01. The van der Waals surface area contributed by atoms with Crippen LogP contribution in [0.2, 0.25) is 0 Å². The van der Waals surface area contributed by atoms with E-state index in [0.29, 0.717) is 18.4 Å². The number of hydrogen-bond donors (Lipinski definition) is 1. The van der Waals surface area contributed by atoms with Gasteiger partial charge in [0.25, 0.3) is 0 Å². The van der Waals surface area contributed by atoms with Gasteiger partial charge in [0.1, 0.15) is 18.0 Å². The Labute approximate surface area is 184 Å². The normalized spacial score (nSPS) is 18.5. The summed E-state index contributed by atoms with van der Waals surface area (Å²) in [6.07, 6.45) is 8.64. The first-order chi connectivity index (χ1) is 14.7. The quantitative estimate of drug-likeness (QED) is 0.508. The Morgan fingerprint density at radius 1 is 1.03 bits per heavy atom. The van der Waals surface area contributed by atoms with Crippen LogP contribution in [-0.4, -0.2) is 16.7 Å². The predicted octanol–water partition coefficient (Wildman–Crippen LogP) is 6.13. The first-order valence-electron chi connectivity index (χ1n) is 10.6. The molecule has 0 unspecified atom stereocenters. The van der Waals surface area contributed by atoms with Crippen LogP contribution in [0.5, 0.6) is 5.75 Å². The number of nitrogens with zero attached hydrogens (tertiary/aromatic N) is 1. The lowest BCUT2D eigenvalue weighted by Gasteiger charge is -2.26. The van der Waals surface area contributed by atoms with Crippen LogP contribution >= 0.6 is 23.1 Å². The van der Waals surface area contributed by atoms with Gasteiger partial charge in [-0.2, -0.15) is 0 Å². The van der Waals surface area contributed by atoms with E-state index >= 15 is 0 Å². The van der Waals surface area contributed by atoms with Crippen molar-refractivity contribution in [2.24, 2.45) is 11.8 Å². The summed E-state index contributed by atoms with van der Waals surface area (Å²) in [6.45, 7) is 0.586. The smallest absolute Gasteiger partial charge is 0.154 e. The summed E-state index contributed by atoms with van der Waals surface area (Å²) in [5.41, 5.74) is 2.94. The van der Waals surface area contributed by atoms with Gasteiger partial charge >= 0.3 is 0 Å². The molecule has 0 saturated heterocycles. The van der Waals surface area contributed by atoms with Crippen LogP contribution in [-0.2, 0) is 5.60 Å². The average molecular weight is 434 g/mol. The van der Waals surface area contributed by atoms with Crippen LogP contribution in [0, 0.1) is 11.8 Å². The Morgan fingerprint density at radius 2 is 1.80 bits per heavy atom. The Morgan fingerprint density at radius 3 is 2.53 bits per heavy atom. The lowest BCUT2D eigenvalue weighted by atomic mass is 9.90. The first-order valence-corrected chi connectivity index (χ1v) is 12.2. The molecular weight excluding hydrogens is 410 g/mol. The molecular formula is C25H23NO2S2. The molecule has 1 N–H and O–H groups in total. The second-order valence-corrected chi connectivity index (χ2v) is 10.8. The molecule has 2 fully saturated rings. The van der Waals surface area contributed by atoms with E-state index in [1.165, 1.54) is 11.1 Å². The Bertz CT molecular complexity index is 1100. The van der Waals surface area contributed by atoms with Crippen molar-refractivity contribution in [3.63, 3.8) is 0 Å². The van der Waals surface area contributed by atoms with Crippen LogP contribution < -0.4 is 4.74 Å². The molecule has 3 aromatic rings. The molecule has 152 valence electrons. The van der Waals surface area contributed by atoms with Crippen molar-refractivity contribution < 1.29 is 9.84 Å². The molecule has 0 bridgehead atoms. The first kappa shape index (κ1) is 18.7. The maximum absolute atomic E-state index is 11.4. The van der Waals surface area contributed by atoms with Gasteiger partial charge in [0.05, 0.1) is 4.88 Å². The highest BCUT2D eigenvalue weighted by Gasteiger charge is 2.55. The molecule has 1 aromatic heterocycles. The van der Waals surface area contributed by atoms with E-state index in [9.17, 15) is 5.11 Å². The van der Waals surface area contributed by atoms with Crippen molar-refractivity contribution in [2.45, 2.75) is 40.5 Å². The topological polar surface area (TPSA) is 42.4 Å². The molecule has 6 rings (SSSR count). The lowest BCUT2D eigenvalue weighted by molar-refractivity contribution is -0.00681. The fourth-order valence-corrected chi connectivity index (χ4v) is 6.73. The van der Waals surface area contributed by atoms with Crippen LogP contribution in [0.15, 0.2) is 70.0 Å². The minimum Gasteiger partial charge on any atom is -0.489 e. The molecule has 0 amide bonds. The summed E-state index contributed by atoms with van der Waals surface area (Å²) in [7, 11) is 0. The van der Waals surface area contributed by atoms with E-state index in [4.69, 9.17) is 4.74 Å². The Hall–Kier alpha value is -2.08. The van der Waals surface area contributed by atoms with Crippen molar-refractivity contribution >= 4 is 28.7 Å². The van der Waals surface area contributed by atoms with Crippen molar-refractivity contribution in [1.82, 2.24) is 4.98 Å². The van der Waals surface area contributed by atoms with Crippen LogP contribution in [0.4, 0.5) is 0 Å². The third-order valence-electron chi connectivity index (χ3n) is 6.34. The zero-order valence-corrected chi connectivity index (χ0v) is 18.2. The largest absolute Gasteiger partial charge is 0.489 e. The van der Waals surface area contributed by atoms with Gasteiger partial charge in [-0.05, 0) is 72.9 Å². The fourth-order valence-electron chi connectivity index (χ4n) is 4.50. The van der Waals surface area contributed by atoms with Crippen LogP contribution in [0.25, 0.3) is 5.57 Å². The summed E-state index contributed by atoms with van der Waals surface area (Å²) < 4.78 is 6.93. The van der Waals surface area contributed by atoms with Gasteiger partial charge in [0, 0.05) is 16.7 Å². The summed E-state index contributed by atoms with van der Waals surface area (Å²) in [5, 5.41) is 11.4. The standard InChI is InChI=1S/C25H23NO2S2/c27-25(17-6-7-17,18-8-9-18)23-15-26-24(30-23)29-19-10-11-21-20(12-13-28-22(21)14-19)16-4-2-1-3-5-16/h1-5,10-12,14-15,17-18,27H,6-9,13H2. The zero-order valence-electron chi connectivity index (χ0n) is 16.6. The number of hydrogen-bond acceptors (Lipinski definition) is 5. The third-order valence-corrected chi connectivity index (χ3v) is 8.54. The van der Waals surface area contributed by atoms with Gasteiger partial charge in [-0.15, -0.1) is 11.3 Å². The van der Waals surface area contributed by atoms with E-state index in [1.807, 2.05) is 12.3 Å². The van der Waals surface area contributed by atoms with E-state index in [1.54, 1.807) is 23.1 Å². The molecule has 0 radical (unpaired) electrons. The zero-order chi connectivity index (χ0) is 20.1. The van der Waals surface area contributed by atoms with E-state index in [2.05, 4.69) is 53.5 Å². The molecule has 3 aliphatic rings. The molecule has 2 heterocycles. The van der Waals surface area contributed by atoms with Crippen molar-refractivity contribution in [1.29, 1.82) is 0 Å². The number of thiazole rings is 1. The minimum absolute atomic E-state index is 0.434. The predicted molar refractivity (Wildman–Crippen MR) is 121 cm³/mol. The molecule has 0 spiro atoms. The highest BCUT2D eigenvalue weighted by atomic mass is 32.2. The number of ether oxygens (including phenoxy) is 1. The molecule has 3 nitrogen and oxygen atoms in total. The number of rotatable bonds is 6. The molecule has 1 aliphatic heterocycles. The molecule has 2 aromatic carbocycles.